The summed E-state index contributed by atoms with van der Waals surface area (Å²) in [4.78, 5) is 29.7. The number of sulfone groups is 1. The van der Waals surface area contributed by atoms with Gasteiger partial charge >= 0.3 is 5.97 Å². The highest BCUT2D eigenvalue weighted by molar-refractivity contribution is 7.91. The van der Waals surface area contributed by atoms with Gasteiger partial charge in [-0.15, -0.1) is 0 Å². The fraction of sp³-hybridized carbons (Fsp3) is 0.423. The molecule has 3 aromatic rings. The number of nitrogens with zero attached hydrogens (tertiary/aromatic N) is 2. The minimum atomic E-state index is -3.53. The van der Waals surface area contributed by atoms with E-state index in [0.29, 0.717) is 10.6 Å². The molecule has 10 heteroatoms. The Balaban J connectivity index is 1.78. The standard InChI is InChI=1S/C26H32N2O6S2/c1-4-6-8-19-10-15-22-23(17-19)35-26(28(22)18-25(30)34-5-2)27-24(29)9-7-16-36(31,32)21-13-11-20(33-3)12-14-21/h10-15,17H,4-9,16,18H2,1-3H3. The maximum absolute atomic E-state index is 12.7. The molecule has 1 heterocycles. The average Bonchev–Trinajstić information content (AvgIpc) is 3.18. The zero-order valence-corrected chi connectivity index (χ0v) is 22.5. The third-order valence-corrected chi connectivity index (χ3v) is 8.46. The van der Waals surface area contributed by atoms with Gasteiger partial charge in [0.25, 0.3) is 0 Å². The first-order valence-corrected chi connectivity index (χ1v) is 14.5. The highest BCUT2D eigenvalue weighted by Crippen LogP contribution is 2.21. The van der Waals surface area contributed by atoms with Crippen LogP contribution in [0.1, 0.15) is 45.1 Å². The van der Waals surface area contributed by atoms with Crippen molar-refractivity contribution in [1.82, 2.24) is 4.57 Å². The molecule has 0 aliphatic rings. The molecule has 0 N–H and O–H groups in total. The van der Waals surface area contributed by atoms with Crippen molar-refractivity contribution in [2.24, 2.45) is 4.99 Å². The largest absolute Gasteiger partial charge is 0.497 e. The molecule has 0 spiro atoms. The van der Waals surface area contributed by atoms with E-state index in [9.17, 15) is 18.0 Å². The zero-order chi connectivity index (χ0) is 26.1. The molecule has 0 atom stereocenters. The van der Waals surface area contributed by atoms with E-state index in [1.165, 1.54) is 36.1 Å². The van der Waals surface area contributed by atoms with Gasteiger partial charge in [-0.2, -0.15) is 4.99 Å². The van der Waals surface area contributed by atoms with Crippen molar-refractivity contribution < 1.29 is 27.5 Å². The number of thiazole rings is 1. The monoisotopic (exact) mass is 532 g/mol. The number of aryl methyl sites for hydroxylation is 1. The van der Waals surface area contributed by atoms with E-state index in [2.05, 4.69) is 18.0 Å². The topological polar surface area (TPSA) is 104 Å². The summed E-state index contributed by atoms with van der Waals surface area (Å²) in [6.45, 7) is 4.09. The Morgan fingerprint density at radius 3 is 2.47 bits per heavy atom. The minimum absolute atomic E-state index is 0.0230. The maximum atomic E-state index is 12.7. The molecule has 0 saturated carbocycles. The second kappa shape index (κ2) is 12.8. The number of benzene rings is 2. The number of unbranched alkanes of at least 4 members (excludes halogenated alkanes) is 1. The molecule has 0 fully saturated rings. The average molecular weight is 533 g/mol. The van der Waals surface area contributed by atoms with Crippen LogP contribution in [0.2, 0.25) is 0 Å². The van der Waals surface area contributed by atoms with Gasteiger partial charge in [-0.1, -0.05) is 30.7 Å². The molecule has 1 amide bonds. The van der Waals surface area contributed by atoms with Crippen molar-refractivity contribution in [3.05, 3.63) is 52.8 Å². The van der Waals surface area contributed by atoms with Crippen LogP contribution in [-0.4, -0.2) is 44.3 Å². The smallest absolute Gasteiger partial charge is 0.326 e. The van der Waals surface area contributed by atoms with E-state index < -0.39 is 21.7 Å². The summed E-state index contributed by atoms with van der Waals surface area (Å²) in [6.07, 6.45) is 3.24. The maximum Gasteiger partial charge on any atom is 0.326 e. The van der Waals surface area contributed by atoms with Crippen LogP contribution in [0.15, 0.2) is 52.4 Å². The summed E-state index contributed by atoms with van der Waals surface area (Å²) in [5.74, 6) is -0.446. The summed E-state index contributed by atoms with van der Waals surface area (Å²) < 4.78 is 38.0. The first kappa shape index (κ1) is 27.6. The molecule has 0 saturated heterocycles. The third-order valence-electron chi connectivity index (χ3n) is 5.60. The van der Waals surface area contributed by atoms with Gasteiger partial charge in [-0.05, 0) is 68.1 Å². The molecule has 0 unspecified atom stereocenters. The number of hydrogen-bond donors (Lipinski definition) is 0. The Hall–Kier alpha value is -2.98. The first-order chi connectivity index (χ1) is 17.3. The highest BCUT2D eigenvalue weighted by atomic mass is 32.2. The van der Waals surface area contributed by atoms with Gasteiger partial charge in [0.05, 0.1) is 34.6 Å². The van der Waals surface area contributed by atoms with E-state index in [1.54, 1.807) is 23.6 Å². The molecule has 2 aromatic carbocycles. The normalized spacial score (nSPS) is 12.1. The van der Waals surface area contributed by atoms with Crippen LogP contribution in [0.25, 0.3) is 10.2 Å². The Labute approximate surface area is 215 Å². The second-order valence-corrected chi connectivity index (χ2v) is 11.4. The summed E-state index contributed by atoms with van der Waals surface area (Å²) in [7, 11) is -2.02. The molecule has 36 heavy (non-hydrogen) atoms. The number of carbonyl (C=O) groups is 2. The van der Waals surface area contributed by atoms with E-state index >= 15 is 0 Å². The Morgan fingerprint density at radius 2 is 1.81 bits per heavy atom. The van der Waals surface area contributed by atoms with Crippen LogP contribution >= 0.6 is 11.3 Å². The van der Waals surface area contributed by atoms with E-state index in [1.807, 2.05) is 12.1 Å². The van der Waals surface area contributed by atoms with Gasteiger partial charge in [0.15, 0.2) is 14.6 Å². The molecule has 0 aliphatic heterocycles. The Kier molecular flexibility index (Phi) is 9.83. The molecule has 8 nitrogen and oxygen atoms in total. The van der Waals surface area contributed by atoms with Crippen molar-refractivity contribution in [3.63, 3.8) is 0 Å². The Morgan fingerprint density at radius 1 is 1.06 bits per heavy atom. The summed E-state index contributed by atoms with van der Waals surface area (Å²) in [5, 5.41) is 0. The van der Waals surface area contributed by atoms with Crippen LogP contribution in [0.5, 0.6) is 5.75 Å². The van der Waals surface area contributed by atoms with Crippen molar-refractivity contribution in [1.29, 1.82) is 0 Å². The van der Waals surface area contributed by atoms with Gasteiger partial charge in [-0.25, -0.2) is 8.42 Å². The highest BCUT2D eigenvalue weighted by Gasteiger charge is 2.16. The Bertz CT molecular complexity index is 1370. The van der Waals surface area contributed by atoms with Crippen LogP contribution in [-0.2, 0) is 37.1 Å². The number of fused-ring (bicyclic) bond motifs is 1. The molecule has 0 bridgehead atoms. The summed E-state index contributed by atoms with van der Waals surface area (Å²) >= 11 is 1.34. The van der Waals surface area contributed by atoms with Crippen LogP contribution in [0.4, 0.5) is 0 Å². The number of esters is 1. The van der Waals surface area contributed by atoms with Gasteiger partial charge in [0.1, 0.15) is 12.3 Å². The number of hydrogen-bond acceptors (Lipinski definition) is 7. The van der Waals surface area contributed by atoms with E-state index in [0.717, 1.165) is 29.5 Å². The molecule has 0 aliphatic carbocycles. The number of rotatable bonds is 12. The first-order valence-electron chi connectivity index (χ1n) is 12.0. The van der Waals surface area contributed by atoms with Crippen LogP contribution in [0.3, 0.4) is 0 Å². The molecular weight excluding hydrogens is 500 g/mol. The van der Waals surface area contributed by atoms with E-state index in [4.69, 9.17) is 9.47 Å². The lowest BCUT2D eigenvalue weighted by molar-refractivity contribution is -0.143. The van der Waals surface area contributed by atoms with Gasteiger partial charge < -0.3 is 14.0 Å². The summed E-state index contributed by atoms with van der Waals surface area (Å²) in [5.41, 5.74) is 2.00. The second-order valence-electron chi connectivity index (χ2n) is 8.28. The fourth-order valence-corrected chi connectivity index (χ4v) is 6.13. The molecule has 194 valence electrons. The molecule has 3 rings (SSSR count). The quantitative estimate of drug-likeness (QED) is 0.322. The van der Waals surface area contributed by atoms with Crippen LogP contribution in [0, 0.1) is 0 Å². The van der Waals surface area contributed by atoms with Crippen LogP contribution < -0.4 is 9.54 Å². The third kappa shape index (κ3) is 7.27. The number of methoxy groups -OCH3 is 1. The van der Waals surface area contributed by atoms with Gasteiger partial charge in [-0.3, -0.25) is 9.59 Å². The lowest BCUT2D eigenvalue weighted by atomic mass is 10.1. The van der Waals surface area contributed by atoms with Crippen molar-refractivity contribution in [2.45, 2.75) is 57.4 Å². The predicted octanol–water partition coefficient (Wildman–Crippen LogP) is 4.30. The molecular formula is C26H32N2O6S2. The van der Waals surface area contributed by atoms with E-state index in [-0.39, 0.29) is 36.6 Å². The SMILES string of the molecule is CCCCc1ccc2c(c1)sc(=NC(=O)CCCS(=O)(=O)c1ccc(OC)cc1)n2CC(=O)OCC. The van der Waals surface area contributed by atoms with Crippen molar-refractivity contribution >= 4 is 43.3 Å². The molecule has 1 aromatic heterocycles. The molecule has 0 radical (unpaired) electrons. The number of amides is 1. The minimum Gasteiger partial charge on any atom is -0.497 e. The van der Waals surface area contributed by atoms with Gasteiger partial charge in [0.2, 0.25) is 5.91 Å². The predicted molar refractivity (Wildman–Crippen MR) is 140 cm³/mol. The lowest BCUT2D eigenvalue weighted by Gasteiger charge is -2.06. The fourth-order valence-electron chi connectivity index (χ4n) is 3.70. The van der Waals surface area contributed by atoms with Gasteiger partial charge in [0, 0.05) is 6.42 Å². The zero-order valence-electron chi connectivity index (χ0n) is 20.9. The number of aromatic nitrogens is 1. The number of carbonyl (C=O) groups excluding carboxylic acids is 2. The summed E-state index contributed by atoms with van der Waals surface area (Å²) in [6, 6.07) is 12.2. The van der Waals surface area contributed by atoms with Crippen molar-refractivity contribution in [3.8, 4) is 5.75 Å². The lowest BCUT2D eigenvalue weighted by Crippen LogP contribution is -2.23. The number of ether oxygens (including phenoxy) is 2. The van der Waals surface area contributed by atoms with Crippen molar-refractivity contribution in [2.75, 3.05) is 19.5 Å².